The minimum absolute atomic E-state index is 0.139. The number of rotatable bonds is 4. The summed E-state index contributed by atoms with van der Waals surface area (Å²) in [7, 11) is 0. The zero-order valence-electron chi connectivity index (χ0n) is 14.9. The molecule has 1 amide bonds. The van der Waals surface area contributed by atoms with Crippen molar-refractivity contribution in [2.24, 2.45) is 5.92 Å². The highest BCUT2D eigenvalue weighted by Crippen LogP contribution is 2.34. The molecule has 6 nitrogen and oxygen atoms in total. The molecule has 1 aliphatic heterocycles. The van der Waals surface area contributed by atoms with Crippen molar-refractivity contribution in [2.75, 3.05) is 6.54 Å². The molecule has 2 fully saturated rings. The molecule has 1 aliphatic carbocycles. The van der Waals surface area contributed by atoms with Crippen LogP contribution in [0.5, 0.6) is 0 Å². The number of aromatic amines is 1. The zero-order chi connectivity index (χ0) is 17.9. The van der Waals surface area contributed by atoms with Gasteiger partial charge in [-0.3, -0.25) is 14.6 Å². The number of amides is 1. The van der Waals surface area contributed by atoms with Gasteiger partial charge in [-0.05, 0) is 43.7 Å². The molecule has 1 atom stereocenters. The number of aromatic nitrogens is 3. The predicted octanol–water partition coefficient (Wildman–Crippen LogP) is 3.08. The highest BCUT2D eigenvalue weighted by atomic mass is 16.2. The fourth-order valence-corrected chi connectivity index (χ4v) is 4.21. The summed E-state index contributed by atoms with van der Waals surface area (Å²) >= 11 is 0. The number of pyridine rings is 1. The molecule has 0 bridgehead atoms. The van der Waals surface area contributed by atoms with Gasteiger partial charge in [0.15, 0.2) is 0 Å². The molecule has 136 valence electrons. The summed E-state index contributed by atoms with van der Waals surface area (Å²) in [5, 5.41) is 0. The van der Waals surface area contributed by atoms with Gasteiger partial charge >= 0.3 is 0 Å². The van der Waals surface area contributed by atoms with Crippen molar-refractivity contribution in [3.8, 4) is 11.4 Å². The van der Waals surface area contributed by atoms with Crippen LogP contribution in [0, 0.1) is 5.92 Å². The van der Waals surface area contributed by atoms with Crippen LogP contribution in [0.25, 0.3) is 11.4 Å². The first-order valence-corrected chi connectivity index (χ1v) is 9.53. The Labute approximate surface area is 152 Å². The smallest absolute Gasteiger partial charge is 0.251 e. The summed E-state index contributed by atoms with van der Waals surface area (Å²) in [6.07, 6.45) is 8.89. The molecule has 1 saturated heterocycles. The number of likely N-dealkylation sites (tertiary alicyclic amines) is 1. The van der Waals surface area contributed by atoms with E-state index < -0.39 is 0 Å². The van der Waals surface area contributed by atoms with Gasteiger partial charge in [-0.25, -0.2) is 4.98 Å². The molecule has 4 rings (SSSR count). The van der Waals surface area contributed by atoms with Crippen LogP contribution < -0.4 is 5.56 Å². The zero-order valence-corrected chi connectivity index (χ0v) is 14.9. The molecule has 2 aromatic heterocycles. The van der Waals surface area contributed by atoms with Crippen LogP contribution in [-0.2, 0) is 4.79 Å². The maximum Gasteiger partial charge on any atom is 0.251 e. The summed E-state index contributed by atoms with van der Waals surface area (Å²) in [5.41, 5.74) is 1.02. The average molecular weight is 352 g/mol. The molecular weight excluding hydrogens is 328 g/mol. The molecule has 2 aromatic rings. The first kappa shape index (κ1) is 16.9. The Bertz CT molecular complexity index is 827. The van der Waals surface area contributed by atoms with Crippen molar-refractivity contribution in [1.82, 2.24) is 19.9 Å². The van der Waals surface area contributed by atoms with Crippen LogP contribution in [0.1, 0.15) is 56.8 Å². The number of hydrogen-bond donors (Lipinski definition) is 1. The fraction of sp³-hybridized carbons (Fsp3) is 0.500. The van der Waals surface area contributed by atoms with Crippen LogP contribution in [0.3, 0.4) is 0 Å². The minimum atomic E-state index is -0.203. The van der Waals surface area contributed by atoms with E-state index in [-0.39, 0.29) is 17.5 Å². The lowest BCUT2D eigenvalue weighted by molar-refractivity contribution is -0.133. The van der Waals surface area contributed by atoms with Gasteiger partial charge in [0, 0.05) is 25.2 Å². The molecule has 1 N–H and O–H groups in total. The molecule has 2 aliphatic rings. The van der Waals surface area contributed by atoms with Crippen LogP contribution in [0.15, 0.2) is 35.3 Å². The van der Waals surface area contributed by atoms with Gasteiger partial charge < -0.3 is 9.88 Å². The van der Waals surface area contributed by atoms with Crippen molar-refractivity contribution in [2.45, 2.75) is 51.0 Å². The standard InChI is InChI=1S/C20H24N4O2/c25-18-13-16(15-8-3-4-10-21-15)22-20(23-18)17-9-5-11-24(17)19(26)12-14-6-1-2-7-14/h3-4,8,10,13-14,17H,1-2,5-7,9,11-12H2,(H,22,23,25)/t17-/m0/s1. The molecule has 0 spiro atoms. The van der Waals surface area contributed by atoms with Crippen molar-refractivity contribution >= 4 is 5.91 Å². The third-order valence-corrected chi connectivity index (χ3v) is 5.51. The third kappa shape index (κ3) is 3.54. The summed E-state index contributed by atoms with van der Waals surface area (Å²) in [6, 6.07) is 6.87. The number of hydrogen-bond acceptors (Lipinski definition) is 4. The Morgan fingerprint density at radius 2 is 2.00 bits per heavy atom. The topological polar surface area (TPSA) is 79.0 Å². The number of nitrogens with zero attached hydrogens (tertiary/aromatic N) is 3. The predicted molar refractivity (Wildman–Crippen MR) is 98.4 cm³/mol. The highest BCUT2D eigenvalue weighted by Gasteiger charge is 2.33. The molecular formula is C20H24N4O2. The van der Waals surface area contributed by atoms with Crippen molar-refractivity contribution < 1.29 is 4.79 Å². The van der Waals surface area contributed by atoms with Crippen molar-refractivity contribution in [3.63, 3.8) is 0 Å². The van der Waals surface area contributed by atoms with Gasteiger partial charge in [0.25, 0.3) is 5.56 Å². The van der Waals surface area contributed by atoms with Gasteiger partial charge in [0.05, 0.1) is 17.4 Å². The lowest BCUT2D eigenvalue weighted by atomic mass is 10.0. The van der Waals surface area contributed by atoms with E-state index in [1.165, 1.54) is 18.9 Å². The third-order valence-electron chi connectivity index (χ3n) is 5.51. The summed E-state index contributed by atoms with van der Waals surface area (Å²) < 4.78 is 0. The van der Waals surface area contributed by atoms with E-state index in [9.17, 15) is 9.59 Å². The summed E-state index contributed by atoms with van der Waals surface area (Å²) in [4.78, 5) is 38.7. The Morgan fingerprint density at radius 3 is 2.77 bits per heavy atom. The molecule has 0 radical (unpaired) electrons. The maximum absolute atomic E-state index is 12.8. The quantitative estimate of drug-likeness (QED) is 0.917. The molecule has 3 heterocycles. The number of carbonyl (C=O) groups excluding carboxylic acids is 1. The molecule has 26 heavy (non-hydrogen) atoms. The largest absolute Gasteiger partial charge is 0.333 e. The highest BCUT2D eigenvalue weighted by molar-refractivity contribution is 5.77. The lowest BCUT2D eigenvalue weighted by Crippen LogP contribution is -2.33. The number of nitrogens with one attached hydrogen (secondary N) is 1. The van der Waals surface area contributed by atoms with Gasteiger partial charge in [-0.1, -0.05) is 18.9 Å². The van der Waals surface area contributed by atoms with E-state index in [4.69, 9.17) is 0 Å². The van der Waals surface area contributed by atoms with Crippen LogP contribution in [0.4, 0.5) is 0 Å². The van der Waals surface area contributed by atoms with Crippen LogP contribution >= 0.6 is 0 Å². The normalized spacial score (nSPS) is 20.6. The summed E-state index contributed by atoms with van der Waals surface area (Å²) in [6.45, 7) is 0.744. The Balaban J connectivity index is 1.58. The van der Waals surface area contributed by atoms with E-state index in [1.54, 1.807) is 6.20 Å². The second-order valence-corrected chi connectivity index (χ2v) is 7.33. The van der Waals surface area contributed by atoms with Crippen molar-refractivity contribution in [1.29, 1.82) is 0 Å². The molecule has 1 saturated carbocycles. The van der Waals surface area contributed by atoms with E-state index in [1.807, 2.05) is 23.1 Å². The van der Waals surface area contributed by atoms with Gasteiger partial charge in [0.1, 0.15) is 5.82 Å². The Morgan fingerprint density at radius 1 is 1.15 bits per heavy atom. The fourth-order valence-electron chi connectivity index (χ4n) is 4.21. The second kappa shape index (κ2) is 7.40. The number of H-pyrrole nitrogens is 1. The molecule has 6 heteroatoms. The SMILES string of the molecule is O=C(CC1CCCC1)N1CCC[C@H]1c1nc(-c2ccccn2)cc(=O)[nH]1. The Hall–Kier alpha value is -2.50. The van der Waals surface area contributed by atoms with Gasteiger partial charge in [-0.2, -0.15) is 0 Å². The average Bonchev–Trinajstić information content (AvgIpc) is 3.33. The van der Waals surface area contributed by atoms with Gasteiger partial charge in [0.2, 0.25) is 5.91 Å². The summed E-state index contributed by atoms with van der Waals surface area (Å²) in [5.74, 6) is 1.30. The van der Waals surface area contributed by atoms with E-state index in [0.29, 0.717) is 29.6 Å². The molecule has 0 aromatic carbocycles. The van der Waals surface area contributed by atoms with E-state index in [0.717, 1.165) is 32.2 Å². The van der Waals surface area contributed by atoms with E-state index >= 15 is 0 Å². The van der Waals surface area contributed by atoms with Crippen molar-refractivity contribution in [3.05, 3.63) is 46.6 Å². The monoisotopic (exact) mass is 352 g/mol. The second-order valence-electron chi connectivity index (χ2n) is 7.33. The lowest BCUT2D eigenvalue weighted by Gasteiger charge is -2.25. The Kier molecular flexibility index (Phi) is 4.82. The van der Waals surface area contributed by atoms with Crippen LogP contribution in [0.2, 0.25) is 0 Å². The van der Waals surface area contributed by atoms with Gasteiger partial charge in [-0.15, -0.1) is 0 Å². The first-order valence-electron chi connectivity index (χ1n) is 9.53. The number of carbonyl (C=O) groups is 1. The minimum Gasteiger partial charge on any atom is -0.333 e. The first-order chi connectivity index (χ1) is 12.7. The maximum atomic E-state index is 12.8. The van der Waals surface area contributed by atoms with Crippen LogP contribution in [-0.4, -0.2) is 32.3 Å². The molecule has 0 unspecified atom stereocenters. The van der Waals surface area contributed by atoms with E-state index in [2.05, 4.69) is 15.0 Å².